The van der Waals surface area contributed by atoms with Crippen LogP contribution in [0, 0.1) is 12.8 Å². The summed E-state index contributed by atoms with van der Waals surface area (Å²) >= 11 is 0. The summed E-state index contributed by atoms with van der Waals surface area (Å²) in [7, 11) is 0. The van der Waals surface area contributed by atoms with Gasteiger partial charge in [0.15, 0.2) is 11.6 Å². The Kier molecular flexibility index (Phi) is 3.81. The molecule has 1 aromatic rings. The Hall–Kier alpha value is -2.44. The molecular weight excluding hydrogens is 310 g/mol. The molecule has 7 nitrogen and oxygen atoms in total. The van der Waals surface area contributed by atoms with Crippen molar-refractivity contribution in [2.24, 2.45) is 10.9 Å². The standard InChI is InChI=1S/C17H21N3O4/c1-8(2)17(4)15(21)19-14(20-17)13-11(24-16(22)23)7-9(3)12(18-13)10-5-6-10/h7-8,10H,5-6H2,1-4H3,(H,22,23)(H,19,20,21). The maximum atomic E-state index is 12.3. The minimum Gasteiger partial charge on any atom is -0.449 e. The summed E-state index contributed by atoms with van der Waals surface area (Å²) in [4.78, 5) is 32.0. The van der Waals surface area contributed by atoms with Crippen LogP contribution in [0.3, 0.4) is 0 Å². The lowest BCUT2D eigenvalue weighted by Gasteiger charge is -2.27. The Morgan fingerprint density at radius 2 is 2.12 bits per heavy atom. The first-order valence-corrected chi connectivity index (χ1v) is 8.06. The summed E-state index contributed by atoms with van der Waals surface area (Å²) in [6.45, 7) is 7.52. The highest BCUT2D eigenvalue weighted by Crippen LogP contribution is 2.42. The van der Waals surface area contributed by atoms with E-state index in [1.165, 1.54) is 0 Å². The fourth-order valence-corrected chi connectivity index (χ4v) is 2.76. The van der Waals surface area contributed by atoms with Gasteiger partial charge in [0, 0.05) is 11.6 Å². The van der Waals surface area contributed by atoms with Gasteiger partial charge in [-0.15, -0.1) is 0 Å². The molecular formula is C17H21N3O4. The first-order chi connectivity index (χ1) is 11.2. The van der Waals surface area contributed by atoms with Crippen molar-refractivity contribution in [3.63, 3.8) is 0 Å². The van der Waals surface area contributed by atoms with Crippen LogP contribution in [0.2, 0.25) is 0 Å². The zero-order valence-electron chi connectivity index (χ0n) is 14.2. The molecule has 2 heterocycles. The predicted octanol–water partition coefficient (Wildman–Crippen LogP) is 2.62. The van der Waals surface area contributed by atoms with E-state index in [4.69, 9.17) is 9.84 Å². The van der Waals surface area contributed by atoms with Gasteiger partial charge in [-0.2, -0.15) is 4.99 Å². The van der Waals surface area contributed by atoms with Crippen molar-refractivity contribution in [1.29, 1.82) is 0 Å². The summed E-state index contributed by atoms with van der Waals surface area (Å²) < 4.78 is 4.88. The molecule has 0 aromatic carbocycles. The molecule has 1 unspecified atom stereocenters. The lowest BCUT2D eigenvalue weighted by molar-refractivity contribution is -0.123. The number of hydrogen-bond acceptors (Lipinski definition) is 5. The van der Waals surface area contributed by atoms with Gasteiger partial charge in [0.2, 0.25) is 0 Å². The highest BCUT2D eigenvalue weighted by atomic mass is 16.7. The molecule has 7 heteroatoms. The zero-order valence-corrected chi connectivity index (χ0v) is 14.2. The van der Waals surface area contributed by atoms with Gasteiger partial charge >= 0.3 is 6.16 Å². The van der Waals surface area contributed by atoms with E-state index >= 15 is 0 Å². The number of amidine groups is 1. The van der Waals surface area contributed by atoms with E-state index < -0.39 is 11.7 Å². The van der Waals surface area contributed by atoms with Crippen molar-refractivity contribution in [2.75, 3.05) is 0 Å². The molecule has 0 bridgehead atoms. The molecule has 128 valence electrons. The maximum Gasteiger partial charge on any atom is 0.511 e. The number of carbonyl (C=O) groups is 2. The summed E-state index contributed by atoms with van der Waals surface area (Å²) in [5.74, 6) is 0.482. The molecule has 1 fully saturated rings. The number of aliphatic imine (C=N–C) groups is 1. The number of carbonyl (C=O) groups excluding carboxylic acids is 1. The van der Waals surface area contributed by atoms with Crippen LogP contribution >= 0.6 is 0 Å². The van der Waals surface area contributed by atoms with Crippen LogP contribution in [0.15, 0.2) is 11.1 Å². The summed E-state index contributed by atoms with van der Waals surface area (Å²) in [5.41, 5.74) is 1.25. The molecule has 1 aromatic heterocycles. The van der Waals surface area contributed by atoms with Crippen molar-refractivity contribution in [3.8, 4) is 5.75 Å². The predicted molar refractivity (Wildman–Crippen MR) is 87.5 cm³/mol. The van der Waals surface area contributed by atoms with E-state index in [1.807, 2.05) is 20.8 Å². The molecule has 2 aliphatic rings. The second kappa shape index (κ2) is 5.58. The molecule has 0 radical (unpaired) electrons. The van der Waals surface area contributed by atoms with Gasteiger partial charge < -0.3 is 15.2 Å². The lowest BCUT2D eigenvalue weighted by Crippen LogP contribution is -2.50. The Balaban J connectivity index is 2.06. The van der Waals surface area contributed by atoms with Crippen molar-refractivity contribution in [3.05, 3.63) is 23.0 Å². The molecule has 1 aliphatic heterocycles. The molecule has 24 heavy (non-hydrogen) atoms. The Morgan fingerprint density at radius 1 is 1.46 bits per heavy atom. The number of carboxylic acid groups (broad SMARTS) is 1. The van der Waals surface area contributed by atoms with E-state index in [0.717, 1.165) is 24.1 Å². The van der Waals surface area contributed by atoms with Crippen LogP contribution in [0.5, 0.6) is 5.75 Å². The minimum absolute atomic E-state index is 0.0171. The maximum absolute atomic E-state index is 12.3. The highest BCUT2D eigenvalue weighted by molar-refractivity contribution is 6.14. The topological polar surface area (TPSA) is 101 Å². The van der Waals surface area contributed by atoms with Gasteiger partial charge in [-0.25, -0.2) is 9.78 Å². The molecule has 1 atom stereocenters. The quantitative estimate of drug-likeness (QED) is 0.823. The van der Waals surface area contributed by atoms with Gasteiger partial charge in [-0.3, -0.25) is 4.79 Å². The summed E-state index contributed by atoms with van der Waals surface area (Å²) in [5, 5.41) is 12.1. The zero-order chi connectivity index (χ0) is 17.6. The fraction of sp³-hybridized carbons (Fsp3) is 0.529. The number of aromatic nitrogens is 1. The van der Waals surface area contributed by atoms with Crippen molar-refractivity contribution in [2.45, 2.75) is 52.0 Å². The molecule has 1 amide bonds. The first kappa shape index (κ1) is 16.4. The second-order valence-corrected chi connectivity index (χ2v) is 6.93. The van der Waals surface area contributed by atoms with Crippen LogP contribution in [-0.4, -0.2) is 33.5 Å². The van der Waals surface area contributed by atoms with Gasteiger partial charge in [0.05, 0.1) is 0 Å². The Labute approximate surface area is 140 Å². The summed E-state index contributed by atoms with van der Waals surface area (Å²) in [6.07, 6.45) is 0.706. The lowest BCUT2D eigenvalue weighted by atomic mass is 9.88. The molecule has 0 saturated heterocycles. The van der Waals surface area contributed by atoms with E-state index in [0.29, 0.717) is 5.92 Å². The van der Waals surface area contributed by atoms with Gasteiger partial charge in [-0.05, 0) is 44.2 Å². The van der Waals surface area contributed by atoms with Gasteiger partial charge in [-0.1, -0.05) is 13.8 Å². The van der Waals surface area contributed by atoms with Crippen molar-refractivity contribution < 1.29 is 19.4 Å². The van der Waals surface area contributed by atoms with Crippen molar-refractivity contribution in [1.82, 2.24) is 10.3 Å². The molecule has 3 rings (SSSR count). The SMILES string of the molecule is Cc1cc(OC(=O)O)c(C2=NC(=O)C(C)(C(C)C)N2)nc1C1CC1. The number of nitrogens with one attached hydrogen (secondary N) is 1. The van der Waals surface area contributed by atoms with E-state index in [-0.39, 0.29) is 29.1 Å². The molecule has 0 spiro atoms. The Bertz CT molecular complexity index is 752. The number of ether oxygens (including phenoxy) is 1. The van der Waals surface area contributed by atoms with Crippen LogP contribution in [0.4, 0.5) is 4.79 Å². The number of aryl methyl sites for hydroxylation is 1. The molecule has 2 N–H and O–H groups in total. The van der Waals surface area contributed by atoms with Gasteiger partial charge in [0.1, 0.15) is 11.2 Å². The van der Waals surface area contributed by atoms with Crippen LogP contribution < -0.4 is 10.1 Å². The van der Waals surface area contributed by atoms with Crippen LogP contribution in [-0.2, 0) is 4.79 Å². The van der Waals surface area contributed by atoms with Gasteiger partial charge in [0.25, 0.3) is 5.91 Å². The fourth-order valence-electron chi connectivity index (χ4n) is 2.76. The minimum atomic E-state index is -1.42. The molecule has 1 saturated carbocycles. The second-order valence-electron chi connectivity index (χ2n) is 6.93. The smallest absolute Gasteiger partial charge is 0.449 e. The third-order valence-electron chi connectivity index (χ3n) is 4.79. The third kappa shape index (κ3) is 2.74. The third-order valence-corrected chi connectivity index (χ3v) is 4.79. The average molecular weight is 331 g/mol. The van der Waals surface area contributed by atoms with E-state index in [1.54, 1.807) is 13.0 Å². The van der Waals surface area contributed by atoms with E-state index in [9.17, 15) is 9.59 Å². The van der Waals surface area contributed by atoms with Crippen LogP contribution in [0.1, 0.15) is 56.5 Å². The Morgan fingerprint density at radius 3 is 2.62 bits per heavy atom. The number of pyridine rings is 1. The number of rotatable bonds is 4. The number of nitrogens with zero attached hydrogens (tertiary/aromatic N) is 2. The normalized spacial score (nSPS) is 23.2. The van der Waals surface area contributed by atoms with Crippen molar-refractivity contribution >= 4 is 17.9 Å². The highest BCUT2D eigenvalue weighted by Gasteiger charge is 2.43. The van der Waals surface area contributed by atoms with Crippen LogP contribution in [0.25, 0.3) is 0 Å². The molecule has 1 aliphatic carbocycles. The summed E-state index contributed by atoms with van der Waals surface area (Å²) in [6, 6.07) is 1.66. The monoisotopic (exact) mass is 331 g/mol. The van der Waals surface area contributed by atoms with E-state index in [2.05, 4.69) is 15.3 Å². The average Bonchev–Trinajstić information content (AvgIpc) is 3.25. The number of amides is 1. The number of hydrogen-bond donors (Lipinski definition) is 2. The largest absolute Gasteiger partial charge is 0.511 e. The first-order valence-electron chi connectivity index (χ1n) is 8.06.